The monoisotopic (exact) mass is 519 g/mol. The van der Waals surface area contributed by atoms with E-state index in [-0.39, 0.29) is 29.3 Å². The molecular weight excluding hydrogens is 505 g/mol. The van der Waals surface area contributed by atoms with Gasteiger partial charge in [-0.3, -0.25) is 4.79 Å². The Morgan fingerprint density at radius 3 is 2.76 bits per heavy atom. The molecule has 190 valence electrons. The van der Waals surface area contributed by atoms with Gasteiger partial charge < -0.3 is 14.3 Å². The highest BCUT2D eigenvalue weighted by Gasteiger charge is 2.39. The minimum Gasteiger partial charge on any atom is -0.411 e. The first kappa shape index (κ1) is 22.8. The molecule has 0 aromatic carbocycles. The highest BCUT2D eigenvalue weighted by Crippen LogP contribution is 2.37. The lowest BCUT2D eigenvalue weighted by Gasteiger charge is -2.32. The van der Waals surface area contributed by atoms with Crippen molar-refractivity contribution in [2.45, 2.75) is 25.2 Å². The lowest BCUT2D eigenvalue weighted by atomic mass is 9.99. The lowest BCUT2D eigenvalue weighted by Crippen LogP contribution is -2.41. The number of alkyl halides is 5. The Kier molecular flexibility index (Phi) is 5.06. The molecule has 0 saturated heterocycles. The van der Waals surface area contributed by atoms with Crippen molar-refractivity contribution >= 4 is 11.4 Å². The number of rotatable bonds is 4. The summed E-state index contributed by atoms with van der Waals surface area (Å²) >= 11 is 0. The molecule has 0 radical (unpaired) electrons. The van der Waals surface area contributed by atoms with E-state index in [1.807, 2.05) is 0 Å². The molecule has 1 atom stereocenters. The van der Waals surface area contributed by atoms with E-state index in [0.29, 0.717) is 22.5 Å². The predicted molar refractivity (Wildman–Crippen MR) is 112 cm³/mol. The molecule has 0 unspecified atom stereocenters. The third-order valence-corrected chi connectivity index (χ3v) is 5.93. The van der Waals surface area contributed by atoms with E-state index in [0.717, 1.165) is 16.8 Å². The number of hydrogen-bond donors (Lipinski definition) is 1. The van der Waals surface area contributed by atoms with Crippen molar-refractivity contribution in [3.63, 3.8) is 0 Å². The molecule has 5 aromatic heterocycles. The number of aromatic nitrogens is 8. The van der Waals surface area contributed by atoms with Gasteiger partial charge >= 0.3 is 24.5 Å². The smallest absolute Gasteiger partial charge is 0.411 e. The van der Waals surface area contributed by atoms with Gasteiger partial charge in [0.15, 0.2) is 0 Å². The molecule has 0 saturated carbocycles. The van der Waals surface area contributed by atoms with E-state index in [4.69, 9.17) is 4.42 Å². The van der Waals surface area contributed by atoms with Gasteiger partial charge in [-0.05, 0) is 24.3 Å². The molecule has 1 aliphatic rings. The van der Waals surface area contributed by atoms with Crippen LogP contribution in [0.4, 0.5) is 22.0 Å². The van der Waals surface area contributed by atoms with Gasteiger partial charge in [-0.15, -0.1) is 10.2 Å². The maximum atomic E-state index is 13.6. The third kappa shape index (κ3) is 3.80. The average Bonchev–Trinajstić information content (AvgIpc) is 3.66. The van der Waals surface area contributed by atoms with E-state index < -0.39 is 36.1 Å². The molecule has 1 N–H and O–H groups in total. The first-order valence-corrected chi connectivity index (χ1v) is 10.8. The largest absolute Gasteiger partial charge is 0.418 e. The number of amides is 1. The molecular formula is C21H14F5N9O2. The maximum Gasteiger partial charge on any atom is 0.418 e. The van der Waals surface area contributed by atoms with Gasteiger partial charge in [0, 0.05) is 31.1 Å². The number of imidazole rings is 1. The zero-order valence-corrected chi connectivity index (χ0v) is 18.4. The van der Waals surface area contributed by atoms with Crippen molar-refractivity contribution in [2.75, 3.05) is 6.54 Å². The fourth-order valence-electron chi connectivity index (χ4n) is 4.30. The summed E-state index contributed by atoms with van der Waals surface area (Å²) in [4.78, 5) is 22.0. The molecule has 0 aliphatic carbocycles. The van der Waals surface area contributed by atoms with Gasteiger partial charge in [-0.1, -0.05) is 0 Å². The van der Waals surface area contributed by atoms with Crippen LogP contribution >= 0.6 is 0 Å². The number of hydrogen-bond acceptors (Lipinski definition) is 7. The van der Waals surface area contributed by atoms with Gasteiger partial charge in [-0.2, -0.15) is 32.1 Å². The van der Waals surface area contributed by atoms with Crippen LogP contribution in [0.5, 0.6) is 0 Å². The molecule has 6 rings (SSSR count). The summed E-state index contributed by atoms with van der Waals surface area (Å²) in [7, 11) is 0. The Bertz CT molecular complexity index is 1620. The van der Waals surface area contributed by atoms with Crippen LogP contribution in [0.3, 0.4) is 0 Å². The number of pyridine rings is 1. The molecule has 0 spiro atoms. The van der Waals surface area contributed by atoms with Crippen LogP contribution in [0, 0.1) is 0 Å². The Labute approximate surface area is 202 Å². The summed E-state index contributed by atoms with van der Waals surface area (Å²) in [5.41, 5.74) is 0.132. The van der Waals surface area contributed by atoms with Gasteiger partial charge in [0.1, 0.15) is 11.7 Å². The van der Waals surface area contributed by atoms with Gasteiger partial charge in [-0.25, -0.2) is 14.2 Å². The average molecular weight is 519 g/mol. The van der Waals surface area contributed by atoms with Gasteiger partial charge in [0.05, 0.1) is 28.8 Å². The Morgan fingerprint density at radius 2 is 2.00 bits per heavy atom. The summed E-state index contributed by atoms with van der Waals surface area (Å²) in [6, 6.07) is 3.69. The molecule has 5 aromatic rings. The number of fused-ring (bicyclic) bond motifs is 2. The molecule has 37 heavy (non-hydrogen) atoms. The second-order valence-electron chi connectivity index (χ2n) is 8.11. The van der Waals surface area contributed by atoms with Crippen molar-refractivity contribution in [3.05, 3.63) is 71.5 Å². The standard InChI is InChI=1S/C21H14F5N9O2/c22-20(23)35-7-4-12(31-35)17-29-30-18(37-17)19(36)33-6-3-11-15(28-9-27-11)16(33)13-8-14-10(21(24,25)26)2-1-5-34(14)32-13/h1-2,4-5,7-9,16,20H,3,6H2,(H,27,28)/t16-/m1/s1. The topological polar surface area (TPSA) is 123 Å². The summed E-state index contributed by atoms with van der Waals surface area (Å²) in [5, 5.41) is 15.4. The van der Waals surface area contributed by atoms with Crippen LogP contribution in [-0.2, 0) is 12.6 Å². The Hall–Kier alpha value is -4.63. The fraction of sp³-hybridized carbons (Fsp3) is 0.238. The van der Waals surface area contributed by atoms with E-state index in [1.165, 1.54) is 35.6 Å². The second kappa shape index (κ2) is 8.21. The van der Waals surface area contributed by atoms with Crippen molar-refractivity contribution in [3.8, 4) is 11.6 Å². The molecule has 1 aliphatic heterocycles. The summed E-state index contributed by atoms with van der Waals surface area (Å²) in [5.74, 6) is -1.44. The highest BCUT2D eigenvalue weighted by molar-refractivity contribution is 5.90. The third-order valence-electron chi connectivity index (χ3n) is 5.93. The molecule has 1 amide bonds. The van der Waals surface area contributed by atoms with Gasteiger partial charge in [0.2, 0.25) is 0 Å². The van der Waals surface area contributed by atoms with Crippen molar-refractivity contribution < 1.29 is 31.2 Å². The normalized spacial score (nSPS) is 16.1. The lowest BCUT2D eigenvalue weighted by molar-refractivity contribution is -0.136. The number of carbonyl (C=O) groups is 1. The van der Waals surface area contributed by atoms with E-state index in [2.05, 4.69) is 30.4 Å². The van der Waals surface area contributed by atoms with Crippen molar-refractivity contribution in [1.82, 2.24) is 44.5 Å². The molecule has 0 fully saturated rings. The molecule has 0 bridgehead atoms. The highest BCUT2D eigenvalue weighted by atomic mass is 19.4. The van der Waals surface area contributed by atoms with E-state index in [1.54, 1.807) is 0 Å². The quantitative estimate of drug-likeness (QED) is 0.361. The number of aromatic amines is 1. The SMILES string of the molecule is O=C(c1nnc(-c2ccn(C(F)F)n2)o1)N1CCc2[nH]cnc2[C@H]1c1cc2c(C(F)(F)F)cccn2n1. The summed E-state index contributed by atoms with van der Waals surface area (Å²) in [6.07, 6.45) is -0.427. The molecule has 6 heterocycles. The Balaban J connectivity index is 1.39. The number of nitrogens with zero attached hydrogens (tertiary/aromatic N) is 8. The zero-order chi connectivity index (χ0) is 25.9. The van der Waals surface area contributed by atoms with Gasteiger partial charge in [0.25, 0.3) is 5.89 Å². The maximum absolute atomic E-state index is 13.6. The number of nitrogens with one attached hydrogen (secondary N) is 1. The van der Waals surface area contributed by atoms with Crippen LogP contribution in [0.2, 0.25) is 0 Å². The van der Waals surface area contributed by atoms with Crippen LogP contribution in [-0.4, -0.2) is 56.9 Å². The molecule has 16 heteroatoms. The van der Waals surface area contributed by atoms with E-state index >= 15 is 0 Å². The Morgan fingerprint density at radius 1 is 1.16 bits per heavy atom. The summed E-state index contributed by atoms with van der Waals surface area (Å²) in [6.45, 7) is -2.74. The molecule has 11 nitrogen and oxygen atoms in total. The summed E-state index contributed by atoms with van der Waals surface area (Å²) < 4.78 is 73.3. The first-order valence-electron chi connectivity index (χ1n) is 10.8. The number of carbonyl (C=O) groups excluding carboxylic acids is 1. The van der Waals surface area contributed by atoms with Crippen LogP contribution in [0.1, 0.15) is 45.9 Å². The predicted octanol–water partition coefficient (Wildman–Crippen LogP) is 3.51. The van der Waals surface area contributed by atoms with E-state index in [9.17, 15) is 26.7 Å². The minimum absolute atomic E-state index is 0.0586. The second-order valence-corrected chi connectivity index (χ2v) is 8.11. The minimum atomic E-state index is -4.61. The van der Waals surface area contributed by atoms with Crippen molar-refractivity contribution in [1.29, 1.82) is 0 Å². The number of H-pyrrole nitrogens is 1. The zero-order valence-electron chi connectivity index (χ0n) is 18.4. The van der Waals surface area contributed by atoms with Crippen molar-refractivity contribution in [2.24, 2.45) is 0 Å². The van der Waals surface area contributed by atoms with Crippen LogP contribution in [0.15, 0.2) is 47.4 Å². The fourth-order valence-corrected chi connectivity index (χ4v) is 4.30. The van der Waals surface area contributed by atoms with Crippen LogP contribution in [0.25, 0.3) is 17.1 Å². The number of halogens is 5. The van der Waals surface area contributed by atoms with Crippen LogP contribution < -0.4 is 0 Å². The first-order chi connectivity index (χ1) is 17.7.